The Morgan fingerprint density at radius 3 is 2.20 bits per heavy atom. The quantitative estimate of drug-likeness (QED) is 0.284. The first-order valence-corrected chi connectivity index (χ1v) is 11.5. The summed E-state index contributed by atoms with van der Waals surface area (Å²) in [5, 5.41) is 11.0. The van der Waals surface area contributed by atoms with Gasteiger partial charge in [-0.15, -0.1) is 5.10 Å². The molecule has 0 aliphatic carbocycles. The largest absolute Gasteiger partial charge is 0.424 e. The number of ether oxygens (including phenoxy) is 1. The number of aromatic nitrogens is 5. The number of para-hydroxylation sites is 3. The van der Waals surface area contributed by atoms with Gasteiger partial charge in [0.25, 0.3) is 5.56 Å². The van der Waals surface area contributed by atoms with Gasteiger partial charge in [0.15, 0.2) is 16.8 Å². The van der Waals surface area contributed by atoms with Gasteiger partial charge in [0, 0.05) is 11.1 Å². The Labute approximate surface area is 202 Å². The molecule has 0 fully saturated rings. The van der Waals surface area contributed by atoms with E-state index in [0.29, 0.717) is 22.3 Å². The number of fused-ring (bicyclic) bond motifs is 3. The fourth-order valence-electron chi connectivity index (χ4n) is 4.05. The summed E-state index contributed by atoms with van der Waals surface area (Å²) in [6.07, 6.45) is 0. The number of ketones is 1. The van der Waals surface area contributed by atoms with Crippen LogP contribution in [-0.4, -0.2) is 41.8 Å². The number of rotatable bonds is 4. The van der Waals surface area contributed by atoms with Crippen molar-refractivity contribution in [1.82, 2.24) is 24.8 Å². The Morgan fingerprint density at radius 1 is 0.800 bits per heavy atom. The van der Waals surface area contributed by atoms with Crippen LogP contribution in [0.25, 0.3) is 22.3 Å². The van der Waals surface area contributed by atoms with E-state index < -0.39 is 22.6 Å². The van der Waals surface area contributed by atoms with Crippen molar-refractivity contribution in [3.8, 4) is 17.1 Å². The van der Waals surface area contributed by atoms with E-state index >= 15 is 0 Å². The lowest BCUT2D eigenvalue weighted by Crippen LogP contribution is -2.41. The van der Waals surface area contributed by atoms with Crippen LogP contribution in [0, 0.1) is 0 Å². The van der Waals surface area contributed by atoms with E-state index in [1.165, 1.54) is 9.25 Å². The van der Waals surface area contributed by atoms with Gasteiger partial charge >= 0.3 is 5.97 Å². The van der Waals surface area contributed by atoms with Crippen molar-refractivity contribution in [3.05, 3.63) is 101 Å². The average molecular weight is 481 g/mol. The maximum Gasteiger partial charge on any atom is 0.333 e. The molecule has 0 saturated carbocycles. The fourth-order valence-corrected chi connectivity index (χ4v) is 4.96. The Balaban J connectivity index is 1.49. The number of carbonyl (C=O) groups is 2. The highest BCUT2D eigenvalue weighted by Crippen LogP contribution is 2.37. The zero-order valence-corrected chi connectivity index (χ0v) is 18.8. The smallest absolute Gasteiger partial charge is 0.333 e. The molecule has 35 heavy (non-hydrogen) atoms. The van der Waals surface area contributed by atoms with Gasteiger partial charge < -0.3 is 4.74 Å². The van der Waals surface area contributed by atoms with Gasteiger partial charge in [0.1, 0.15) is 5.56 Å². The van der Waals surface area contributed by atoms with Gasteiger partial charge in [-0.1, -0.05) is 60.3 Å². The molecule has 0 spiro atoms. The number of hydrogen-bond donors (Lipinski definition) is 0. The molecule has 0 N–H and O–H groups in total. The molecule has 0 saturated heterocycles. The number of benzene rings is 3. The molecule has 170 valence electrons. The van der Waals surface area contributed by atoms with Crippen molar-refractivity contribution in [2.45, 2.75) is 10.4 Å². The zero-order valence-electron chi connectivity index (χ0n) is 17.9. The van der Waals surface area contributed by atoms with Crippen molar-refractivity contribution in [2.24, 2.45) is 0 Å². The number of pyridine rings is 1. The molecule has 1 unspecified atom stereocenters. The standard InChI is InChI=1S/C25H15N5O4S/c31-20-19-21(17-13-7-8-14-18(17)29(23(19)32)15-9-3-1-4-10-15)34-24(33)22(20)35-25-26-27-28-30(25)16-11-5-2-6-12-16/h1-14,22H. The second-order valence-corrected chi connectivity index (χ2v) is 8.76. The fraction of sp³-hybridized carbons (Fsp3) is 0.0400. The van der Waals surface area contributed by atoms with E-state index in [0.717, 1.165) is 11.8 Å². The third-order valence-corrected chi connectivity index (χ3v) is 6.72. The molecule has 2 aromatic heterocycles. The van der Waals surface area contributed by atoms with Crippen molar-refractivity contribution in [3.63, 3.8) is 0 Å². The van der Waals surface area contributed by atoms with Gasteiger partial charge in [0.05, 0.1) is 11.2 Å². The number of nitrogens with zero attached hydrogens (tertiary/aromatic N) is 5. The normalized spacial score (nSPS) is 15.1. The highest BCUT2D eigenvalue weighted by molar-refractivity contribution is 8.01. The third kappa shape index (κ3) is 3.42. The molecule has 1 aliphatic heterocycles. The minimum atomic E-state index is -1.34. The van der Waals surface area contributed by atoms with Crippen molar-refractivity contribution < 1.29 is 14.3 Å². The molecule has 3 aromatic carbocycles. The predicted octanol–water partition coefficient (Wildman–Crippen LogP) is 3.23. The molecular formula is C25H15N5O4S. The minimum absolute atomic E-state index is 0.0210. The van der Waals surface area contributed by atoms with Crippen LogP contribution in [-0.2, 0) is 4.79 Å². The van der Waals surface area contributed by atoms with Crippen LogP contribution in [0.15, 0.2) is 94.9 Å². The van der Waals surface area contributed by atoms with Crippen LogP contribution in [0.3, 0.4) is 0 Å². The molecule has 0 radical (unpaired) electrons. The summed E-state index contributed by atoms with van der Waals surface area (Å²) in [7, 11) is 0. The van der Waals surface area contributed by atoms with Crippen LogP contribution in [0.1, 0.15) is 10.4 Å². The number of tetrazole rings is 1. The van der Waals surface area contributed by atoms with Crippen molar-refractivity contribution >= 4 is 34.4 Å². The number of Topliss-reactive ketones (excluding diaryl/α,β-unsaturated/α-hetero) is 1. The Hall–Kier alpha value is -4.57. The average Bonchev–Trinajstić information content (AvgIpc) is 3.36. The summed E-state index contributed by atoms with van der Waals surface area (Å²) in [5.74, 6) is -1.45. The van der Waals surface area contributed by atoms with E-state index in [-0.39, 0.29) is 16.5 Å². The second kappa shape index (κ2) is 8.33. The topological polar surface area (TPSA) is 109 Å². The molecule has 0 amide bonds. The van der Waals surface area contributed by atoms with Crippen molar-refractivity contribution in [2.75, 3.05) is 0 Å². The van der Waals surface area contributed by atoms with E-state index in [1.54, 1.807) is 60.7 Å². The van der Waals surface area contributed by atoms with Crippen molar-refractivity contribution in [1.29, 1.82) is 0 Å². The van der Waals surface area contributed by atoms with Crippen LogP contribution >= 0.6 is 11.8 Å². The number of thioether (sulfide) groups is 1. The highest BCUT2D eigenvalue weighted by Gasteiger charge is 2.42. The predicted molar refractivity (Wildman–Crippen MR) is 128 cm³/mol. The molecular weight excluding hydrogens is 466 g/mol. The lowest BCUT2D eigenvalue weighted by molar-refractivity contribution is -0.133. The monoisotopic (exact) mass is 481 g/mol. The summed E-state index contributed by atoms with van der Waals surface area (Å²) in [6, 6.07) is 25.1. The molecule has 0 bridgehead atoms. The SMILES string of the molecule is O=C1Oc2c(c(=O)n(-c3ccccc3)c3ccccc23)C(=O)C1Sc1nnnn1-c1ccccc1. The number of carbonyl (C=O) groups excluding carboxylic acids is 2. The number of hydrogen-bond acceptors (Lipinski definition) is 8. The Morgan fingerprint density at radius 2 is 1.46 bits per heavy atom. The second-order valence-electron chi connectivity index (χ2n) is 7.69. The summed E-state index contributed by atoms with van der Waals surface area (Å²) >= 11 is 0.843. The van der Waals surface area contributed by atoms with E-state index in [4.69, 9.17) is 4.74 Å². The third-order valence-electron chi connectivity index (χ3n) is 5.61. The molecule has 1 atom stereocenters. The summed E-state index contributed by atoms with van der Waals surface area (Å²) in [6.45, 7) is 0. The minimum Gasteiger partial charge on any atom is -0.424 e. The van der Waals surface area contributed by atoms with Gasteiger partial charge in [-0.3, -0.25) is 14.2 Å². The van der Waals surface area contributed by atoms with Gasteiger partial charge in [-0.25, -0.2) is 4.79 Å². The molecule has 5 aromatic rings. The zero-order chi connectivity index (χ0) is 23.9. The first-order chi connectivity index (χ1) is 17.1. The Kier molecular flexibility index (Phi) is 5.00. The van der Waals surface area contributed by atoms with Gasteiger partial charge in [-0.05, 0) is 46.8 Å². The first-order valence-electron chi connectivity index (χ1n) is 10.6. The van der Waals surface area contributed by atoms with Crippen LogP contribution < -0.4 is 10.3 Å². The molecule has 9 nitrogen and oxygen atoms in total. The molecule has 3 heterocycles. The number of esters is 1. The molecule has 6 rings (SSSR count). The summed E-state index contributed by atoms with van der Waals surface area (Å²) < 4.78 is 8.50. The molecule has 10 heteroatoms. The molecule has 1 aliphatic rings. The Bertz CT molecular complexity index is 1660. The maximum atomic E-state index is 13.7. The van der Waals surface area contributed by atoms with E-state index in [1.807, 2.05) is 24.3 Å². The highest BCUT2D eigenvalue weighted by atomic mass is 32.2. The van der Waals surface area contributed by atoms with E-state index in [9.17, 15) is 14.4 Å². The summed E-state index contributed by atoms with van der Waals surface area (Å²) in [4.78, 5) is 40.3. The van der Waals surface area contributed by atoms with Crippen LogP contribution in [0.4, 0.5) is 0 Å². The van der Waals surface area contributed by atoms with Gasteiger partial charge in [0.2, 0.25) is 5.16 Å². The van der Waals surface area contributed by atoms with Crippen LogP contribution in [0.2, 0.25) is 0 Å². The van der Waals surface area contributed by atoms with E-state index in [2.05, 4.69) is 15.5 Å². The van der Waals surface area contributed by atoms with Crippen LogP contribution in [0.5, 0.6) is 5.75 Å². The summed E-state index contributed by atoms with van der Waals surface area (Å²) in [5.41, 5.74) is 1.05. The first kappa shape index (κ1) is 21.0. The lowest BCUT2D eigenvalue weighted by Gasteiger charge is -2.24. The maximum absolute atomic E-state index is 13.7. The lowest BCUT2D eigenvalue weighted by atomic mass is 10.0. The van der Waals surface area contributed by atoms with Gasteiger partial charge in [-0.2, -0.15) is 4.68 Å².